The third-order valence-corrected chi connectivity index (χ3v) is 5.18. The predicted octanol–water partition coefficient (Wildman–Crippen LogP) is 1.30. The Balaban J connectivity index is 1.39. The Morgan fingerprint density at radius 3 is 2.57 bits per heavy atom. The van der Waals surface area contributed by atoms with Crippen LogP contribution in [0.4, 0.5) is 0 Å². The Morgan fingerprint density at radius 2 is 1.95 bits per heavy atom. The summed E-state index contributed by atoms with van der Waals surface area (Å²) in [6, 6.07) is 0.0750. The number of hydrogen-bond donors (Lipinski definition) is 1. The van der Waals surface area contributed by atoms with Gasteiger partial charge < -0.3 is 20.1 Å². The number of piperidine rings is 1. The molecule has 2 saturated heterocycles. The van der Waals surface area contributed by atoms with Crippen molar-refractivity contribution in [2.75, 3.05) is 26.3 Å². The number of hydrogen-bond acceptors (Lipinski definition) is 4. The first-order valence-electron chi connectivity index (χ1n) is 8.51. The third-order valence-electron chi connectivity index (χ3n) is 5.18. The fourth-order valence-electron chi connectivity index (χ4n) is 3.79. The van der Waals surface area contributed by atoms with Crippen LogP contribution in [0.25, 0.3) is 0 Å². The monoisotopic (exact) mass is 296 g/mol. The molecule has 0 spiro atoms. The standard InChI is InChI=1S/C16H28N2O3/c17-15-5-1-4-14(15)16(19)18-8-6-12(7-9-18)21-11-13-3-2-10-20-13/h12-15H,1-11,17H2. The lowest BCUT2D eigenvalue weighted by atomic mass is 10.00. The van der Waals surface area contributed by atoms with Crippen molar-refractivity contribution in [2.24, 2.45) is 11.7 Å². The van der Waals surface area contributed by atoms with Gasteiger partial charge in [-0.15, -0.1) is 0 Å². The molecule has 3 atom stereocenters. The maximum absolute atomic E-state index is 12.5. The molecule has 3 rings (SSSR count). The zero-order valence-electron chi connectivity index (χ0n) is 12.8. The van der Waals surface area contributed by atoms with Crippen molar-refractivity contribution in [1.82, 2.24) is 4.90 Å². The van der Waals surface area contributed by atoms with Gasteiger partial charge >= 0.3 is 0 Å². The van der Waals surface area contributed by atoms with Gasteiger partial charge in [0, 0.05) is 25.7 Å². The molecule has 3 aliphatic rings. The second kappa shape index (κ2) is 7.07. The van der Waals surface area contributed by atoms with Crippen LogP contribution in [0, 0.1) is 5.92 Å². The van der Waals surface area contributed by atoms with Gasteiger partial charge in [0.1, 0.15) is 0 Å². The van der Waals surface area contributed by atoms with Crippen LogP contribution in [0.3, 0.4) is 0 Å². The normalized spacial score (nSPS) is 34.5. The molecule has 2 heterocycles. The van der Waals surface area contributed by atoms with E-state index in [2.05, 4.69) is 0 Å². The van der Waals surface area contributed by atoms with E-state index in [1.54, 1.807) is 0 Å². The van der Waals surface area contributed by atoms with E-state index in [-0.39, 0.29) is 24.0 Å². The lowest BCUT2D eigenvalue weighted by Gasteiger charge is -2.34. The van der Waals surface area contributed by atoms with E-state index in [0.717, 1.165) is 64.6 Å². The van der Waals surface area contributed by atoms with Crippen LogP contribution < -0.4 is 5.73 Å². The summed E-state index contributed by atoms with van der Waals surface area (Å²) in [4.78, 5) is 14.5. The molecule has 1 saturated carbocycles. The summed E-state index contributed by atoms with van der Waals surface area (Å²) in [5, 5.41) is 0. The molecule has 120 valence electrons. The van der Waals surface area contributed by atoms with E-state index < -0.39 is 0 Å². The zero-order chi connectivity index (χ0) is 14.7. The quantitative estimate of drug-likeness (QED) is 0.849. The minimum absolute atomic E-state index is 0.0642. The van der Waals surface area contributed by atoms with E-state index in [4.69, 9.17) is 15.2 Å². The molecule has 0 aromatic carbocycles. The van der Waals surface area contributed by atoms with Crippen molar-refractivity contribution >= 4 is 5.91 Å². The first-order chi connectivity index (χ1) is 10.2. The molecule has 5 nitrogen and oxygen atoms in total. The molecule has 1 aliphatic carbocycles. The minimum atomic E-state index is 0.0642. The second-order valence-electron chi connectivity index (χ2n) is 6.69. The van der Waals surface area contributed by atoms with E-state index >= 15 is 0 Å². The van der Waals surface area contributed by atoms with Gasteiger partial charge in [-0.05, 0) is 38.5 Å². The molecule has 3 unspecified atom stereocenters. The van der Waals surface area contributed by atoms with Crippen LogP contribution in [0.1, 0.15) is 44.9 Å². The van der Waals surface area contributed by atoms with Crippen LogP contribution in [0.2, 0.25) is 0 Å². The number of nitrogens with zero attached hydrogens (tertiary/aromatic N) is 1. The fourth-order valence-corrected chi connectivity index (χ4v) is 3.79. The van der Waals surface area contributed by atoms with Gasteiger partial charge in [0.15, 0.2) is 0 Å². The number of carbonyl (C=O) groups is 1. The highest BCUT2D eigenvalue weighted by atomic mass is 16.5. The number of likely N-dealkylation sites (tertiary alicyclic amines) is 1. The van der Waals surface area contributed by atoms with Crippen molar-refractivity contribution in [1.29, 1.82) is 0 Å². The first-order valence-corrected chi connectivity index (χ1v) is 8.51. The lowest BCUT2D eigenvalue weighted by Crippen LogP contribution is -2.46. The minimum Gasteiger partial charge on any atom is -0.376 e. The molecule has 0 radical (unpaired) electrons. The topological polar surface area (TPSA) is 64.8 Å². The summed E-state index contributed by atoms with van der Waals surface area (Å²) >= 11 is 0. The van der Waals surface area contributed by atoms with Crippen LogP contribution in [-0.2, 0) is 14.3 Å². The number of ether oxygens (including phenoxy) is 2. The Hall–Kier alpha value is -0.650. The summed E-state index contributed by atoms with van der Waals surface area (Å²) in [6.45, 7) is 3.23. The number of rotatable bonds is 4. The number of carbonyl (C=O) groups excluding carboxylic acids is 1. The van der Waals surface area contributed by atoms with Crippen molar-refractivity contribution in [3.63, 3.8) is 0 Å². The smallest absolute Gasteiger partial charge is 0.227 e. The van der Waals surface area contributed by atoms with Crippen LogP contribution in [0.5, 0.6) is 0 Å². The highest BCUT2D eigenvalue weighted by Gasteiger charge is 2.35. The summed E-state index contributed by atoms with van der Waals surface area (Å²) in [7, 11) is 0. The highest BCUT2D eigenvalue weighted by Crippen LogP contribution is 2.27. The van der Waals surface area contributed by atoms with Crippen molar-refractivity contribution in [3.8, 4) is 0 Å². The van der Waals surface area contributed by atoms with Gasteiger partial charge in [0.05, 0.1) is 24.7 Å². The van der Waals surface area contributed by atoms with Gasteiger partial charge in [-0.25, -0.2) is 0 Å². The SMILES string of the molecule is NC1CCCC1C(=O)N1CCC(OCC2CCCO2)CC1. The zero-order valence-corrected chi connectivity index (χ0v) is 12.8. The van der Waals surface area contributed by atoms with Gasteiger partial charge in [0.25, 0.3) is 0 Å². The maximum Gasteiger partial charge on any atom is 0.227 e. The number of amides is 1. The molecule has 2 aliphatic heterocycles. The molecule has 0 aromatic heterocycles. The summed E-state index contributed by atoms with van der Waals surface area (Å²) in [5.74, 6) is 0.340. The third kappa shape index (κ3) is 3.76. The molecule has 0 bridgehead atoms. The summed E-state index contributed by atoms with van der Waals surface area (Å²) in [5.41, 5.74) is 6.05. The van der Waals surface area contributed by atoms with Gasteiger partial charge in [-0.1, -0.05) is 6.42 Å². The van der Waals surface area contributed by atoms with E-state index in [1.807, 2.05) is 4.90 Å². The molecule has 5 heteroatoms. The predicted molar refractivity (Wildman–Crippen MR) is 79.8 cm³/mol. The first kappa shape index (κ1) is 15.3. The van der Waals surface area contributed by atoms with Crippen molar-refractivity contribution in [3.05, 3.63) is 0 Å². The molecule has 3 fully saturated rings. The van der Waals surface area contributed by atoms with Crippen LogP contribution in [-0.4, -0.2) is 55.4 Å². The highest BCUT2D eigenvalue weighted by molar-refractivity contribution is 5.80. The van der Waals surface area contributed by atoms with E-state index in [1.165, 1.54) is 0 Å². The summed E-state index contributed by atoms with van der Waals surface area (Å²) in [6.07, 6.45) is 7.81. The van der Waals surface area contributed by atoms with Gasteiger partial charge in [-0.2, -0.15) is 0 Å². The summed E-state index contributed by atoms with van der Waals surface area (Å²) < 4.78 is 11.5. The molecular weight excluding hydrogens is 268 g/mol. The molecule has 0 aromatic rings. The number of nitrogens with two attached hydrogens (primary N) is 1. The molecule has 21 heavy (non-hydrogen) atoms. The lowest BCUT2D eigenvalue weighted by molar-refractivity contribution is -0.138. The Labute approximate surface area is 127 Å². The molecular formula is C16H28N2O3. The Kier molecular flexibility index (Phi) is 5.14. The van der Waals surface area contributed by atoms with Crippen LogP contribution in [0.15, 0.2) is 0 Å². The van der Waals surface area contributed by atoms with E-state index in [9.17, 15) is 4.79 Å². The Morgan fingerprint density at radius 1 is 1.14 bits per heavy atom. The average molecular weight is 296 g/mol. The molecule has 1 amide bonds. The second-order valence-corrected chi connectivity index (χ2v) is 6.69. The van der Waals surface area contributed by atoms with Gasteiger partial charge in [-0.3, -0.25) is 4.79 Å². The van der Waals surface area contributed by atoms with Crippen LogP contribution >= 0.6 is 0 Å². The van der Waals surface area contributed by atoms with Gasteiger partial charge in [0.2, 0.25) is 5.91 Å². The van der Waals surface area contributed by atoms with E-state index in [0.29, 0.717) is 12.7 Å². The maximum atomic E-state index is 12.5. The fraction of sp³-hybridized carbons (Fsp3) is 0.938. The average Bonchev–Trinajstić information content (AvgIpc) is 3.16. The van der Waals surface area contributed by atoms with Crippen molar-refractivity contribution in [2.45, 2.75) is 63.2 Å². The largest absolute Gasteiger partial charge is 0.376 e. The van der Waals surface area contributed by atoms with Crippen molar-refractivity contribution < 1.29 is 14.3 Å². The molecule has 2 N–H and O–H groups in total. The Bertz CT molecular complexity index is 349.